The molecule has 3 nitrogen and oxygen atoms in total. The second-order valence-electron chi connectivity index (χ2n) is 4.85. The first-order chi connectivity index (χ1) is 8.90. The van der Waals surface area contributed by atoms with Gasteiger partial charge in [-0.15, -0.1) is 0 Å². The molecule has 0 amide bonds. The predicted octanol–water partition coefficient (Wildman–Crippen LogP) is 1.81. The van der Waals surface area contributed by atoms with Gasteiger partial charge in [0.2, 0.25) is 0 Å². The average molecular weight is 243 g/mol. The number of hydrogen-bond donors (Lipinski definition) is 1. The summed E-state index contributed by atoms with van der Waals surface area (Å²) in [5.74, 6) is 0. The van der Waals surface area contributed by atoms with Crippen LogP contribution in [0.25, 0.3) is 0 Å². The molecule has 3 heteroatoms. The van der Waals surface area contributed by atoms with Gasteiger partial charge in [-0.25, -0.2) is 0 Å². The first-order valence-electron chi connectivity index (χ1n) is 6.76. The van der Waals surface area contributed by atoms with E-state index in [2.05, 4.69) is 46.6 Å². The summed E-state index contributed by atoms with van der Waals surface area (Å²) in [5, 5.41) is 12.3. The fourth-order valence-corrected chi connectivity index (χ4v) is 2.51. The Hall–Kier alpha value is -1.37. The molecule has 1 atom stereocenters. The van der Waals surface area contributed by atoms with Crippen molar-refractivity contribution < 1.29 is 0 Å². The van der Waals surface area contributed by atoms with Crippen molar-refractivity contribution in [2.24, 2.45) is 0 Å². The summed E-state index contributed by atoms with van der Waals surface area (Å²) >= 11 is 0. The molecule has 1 aromatic carbocycles. The third kappa shape index (κ3) is 3.83. The van der Waals surface area contributed by atoms with Crippen LogP contribution in [0.3, 0.4) is 0 Å². The molecule has 0 radical (unpaired) electrons. The fourth-order valence-electron chi connectivity index (χ4n) is 2.51. The molecule has 1 unspecified atom stereocenters. The molecule has 0 aromatic heterocycles. The van der Waals surface area contributed by atoms with E-state index in [4.69, 9.17) is 5.26 Å². The van der Waals surface area contributed by atoms with Gasteiger partial charge in [-0.05, 0) is 31.5 Å². The summed E-state index contributed by atoms with van der Waals surface area (Å²) in [6.45, 7) is 4.18. The Labute approximate surface area is 109 Å². The lowest BCUT2D eigenvalue weighted by Gasteiger charge is -2.27. The van der Waals surface area contributed by atoms with Crippen LogP contribution in [0.5, 0.6) is 0 Å². The molecule has 0 aliphatic carbocycles. The van der Waals surface area contributed by atoms with E-state index in [-0.39, 0.29) is 0 Å². The van der Waals surface area contributed by atoms with Crippen LogP contribution in [0.1, 0.15) is 18.4 Å². The van der Waals surface area contributed by atoms with Crippen molar-refractivity contribution in [2.75, 3.05) is 26.2 Å². The maximum atomic E-state index is 8.91. The van der Waals surface area contributed by atoms with Crippen LogP contribution in [-0.4, -0.2) is 37.1 Å². The topological polar surface area (TPSA) is 39.1 Å². The molecular formula is C15H21N3. The van der Waals surface area contributed by atoms with Crippen LogP contribution in [0.15, 0.2) is 30.3 Å². The van der Waals surface area contributed by atoms with Gasteiger partial charge in [0.05, 0.1) is 12.5 Å². The Balaban J connectivity index is 1.90. The summed E-state index contributed by atoms with van der Waals surface area (Å²) in [6, 6.07) is 13.3. The van der Waals surface area contributed by atoms with Crippen LogP contribution in [0.4, 0.5) is 0 Å². The van der Waals surface area contributed by atoms with Gasteiger partial charge < -0.3 is 5.32 Å². The number of nitrogens with one attached hydrogen (secondary N) is 1. The molecule has 2 rings (SSSR count). The Kier molecular flexibility index (Phi) is 5.19. The van der Waals surface area contributed by atoms with E-state index in [0.717, 1.165) is 32.6 Å². The summed E-state index contributed by atoms with van der Waals surface area (Å²) in [7, 11) is 0. The van der Waals surface area contributed by atoms with Crippen LogP contribution in [0.2, 0.25) is 0 Å². The van der Waals surface area contributed by atoms with Crippen molar-refractivity contribution in [1.82, 2.24) is 10.2 Å². The highest BCUT2D eigenvalue weighted by molar-refractivity contribution is 5.15. The van der Waals surface area contributed by atoms with Gasteiger partial charge in [0, 0.05) is 19.1 Å². The molecule has 0 saturated carbocycles. The molecule has 96 valence electrons. The number of nitriles is 1. The lowest BCUT2D eigenvalue weighted by Crippen LogP contribution is -2.40. The van der Waals surface area contributed by atoms with Crippen LogP contribution >= 0.6 is 0 Å². The Morgan fingerprint density at radius 1 is 1.33 bits per heavy atom. The van der Waals surface area contributed by atoms with Gasteiger partial charge in [0.25, 0.3) is 0 Å². The second-order valence-corrected chi connectivity index (χ2v) is 4.85. The molecule has 1 saturated heterocycles. The van der Waals surface area contributed by atoms with E-state index in [1.54, 1.807) is 0 Å². The number of rotatable bonds is 4. The zero-order chi connectivity index (χ0) is 12.6. The average Bonchev–Trinajstić information content (AvgIpc) is 2.64. The third-order valence-electron chi connectivity index (χ3n) is 3.55. The van der Waals surface area contributed by atoms with Crippen molar-refractivity contribution in [3.63, 3.8) is 0 Å². The van der Waals surface area contributed by atoms with Crippen molar-refractivity contribution >= 4 is 0 Å². The first kappa shape index (κ1) is 13.1. The Morgan fingerprint density at radius 3 is 2.94 bits per heavy atom. The van der Waals surface area contributed by atoms with Crippen LogP contribution in [0, 0.1) is 11.3 Å². The predicted molar refractivity (Wildman–Crippen MR) is 73.2 cm³/mol. The van der Waals surface area contributed by atoms with Crippen molar-refractivity contribution in [3.05, 3.63) is 35.9 Å². The van der Waals surface area contributed by atoms with E-state index in [0.29, 0.717) is 12.5 Å². The maximum absolute atomic E-state index is 8.91. The highest BCUT2D eigenvalue weighted by Gasteiger charge is 2.19. The quantitative estimate of drug-likeness (QED) is 0.876. The SMILES string of the molecule is N#CCC1CNCCCN1CCc1ccccc1. The zero-order valence-corrected chi connectivity index (χ0v) is 10.8. The minimum Gasteiger partial charge on any atom is -0.315 e. The van der Waals surface area contributed by atoms with E-state index in [1.165, 1.54) is 12.0 Å². The van der Waals surface area contributed by atoms with Gasteiger partial charge in [0.15, 0.2) is 0 Å². The Bertz CT molecular complexity index is 382. The Morgan fingerprint density at radius 2 is 2.17 bits per heavy atom. The highest BCUT2D eigenvalue weighted by Crippen LogP contribution is 2.10. The summed E-state index contributed by atoms with van der Waals surface area (Å²) in [5.41, 5.74) is 1.38. The molecule has 1 aromatic rings. The lowest BCUT2D eigenvalue weighted by atomic mass is 10.1. The van der Waals surface area contributed by atoms with E-state index >= 15 is 0 Å². The molecule has 1 aliphatic heterocycles. The molecule has 1 heterocycles. The molecule has 1 aliphatic rings. The van der Waals surface area contributed by atoms with Crippen molar-refractivity contribution in [1.29, 1.82) is 5.26 Å². The molecule has 18 heavy (non-hydrogen) atoms. The number of benzene rings is 1. The van der Waals surface area contributed by atoms with E-state index < -0.39 is 0 Å². The first-order valence-corrected chi connectivity index (χ1v) is 6.76. The largest absolute Gasteiger partial charge is 0.315 e. The van der Waals surface area contributed by atoms with Gasteiger partial charge in [0.1, 0.15) is 0 Å². The summed E-state index contributed by atoms with van der Waals surface area (Å²) in [6.07, 6.45) is 2.88. The molecule has 1 N–H and O–H groups in total. The number of nitrogens with zero attached hydrogens (tertiary/aromatic N) is 2. The van der Waals surface area contributed by atoms with E-state index in [1.807, 2.05) is 0 Å². The molecule has 1 fully saturated rings. The second kappa shape index (κ2) is 7.15. The minimum atomic E-state index is 0.376. The smallest absolute Gasteiger partial charge is 0.0638 e. The van der Waals surface area contributed by atoms with Gasteiger partial charge in [-0.3, -0.25) is 4.90 Å². The van der Waals surface area contributed by atoms with Crippen LogP contribution < -0.4 is 5.32 Å². The van der Waals surface area contributed by atoms with E-state index in [9.17, 15) is 0 Å². The molecule has 0 bridgehead atoms. The third-order valence-corrected chi connectivity index (χ3v) is 3.55. The van der Waals surface area contributed by atoms with Crippen molar-refractivity contribution in [3.8, 4) is 6.07 Å². The summed E-state index contributed by atoms with van der Waals surface area (Å²) in [4.78, 5) is 2.47. The van der Waals surface area contributed by atoms with Crippen molar-refractivity contribution in [2.45, 2.75) is 25.3 Å². The summed E-state index contributed by atoms with van der Waals surface area (Å²) < 4.78 is 0. The molecule has 0 spiro atoms. The minimum absolute atomic E-state index is 0.376. The van der Waals surface area contributed by atoms with Gasteiger partial charge in [-0.1, -0.05) is 30.3 Å². The maximum Gasteiger partial charge on any atom is 0.0638 e. The fraction of sp³-hybridized carbons (Fsp3) is 0.533. The number of hydrogen-bond acceptors (Lipinski definition) is 3. The standard InChI is InChI=1S/C15H21N3/c16-9-7-15-13-17-10-4-11-18(15)12-8-14-5-2-1-3-6-14/h1-3,5-6,15,17H,4,7-8,10-13H2. The van der Waals surface area contributed by atoms with Gasteiger partial charge in [-0.2, -0.15) is 5.26 Å². The lowest BCUT2D eigenvalue weighted by molar-refractivity contribution is 0.213. The van der Waals surface area contributed by atoms with Crippen LogP contribution in [-0.2, 0) is 6.42 Å². The highest BCUT2D eigenvalue weighted by atomic mass is 15.2. The zero-order valence-electron chi connectivity index (χ0n) is 10.8. The van der Waals surface area contributed by atoms with Gasteiger partial charge >= 0.3 is 0 Å². The normalized spacial score (nSPS) is 21.2. The molecular weight excluding hydrogens is 222 g/mol. The monoisotopic (exact) mass is 243 g/mol.